The van der Waals surface area contributed by atoms with E-state index in [4.69, 9.17) is 11.6 Å². The van der Waals surface area contributed by atoms with Gasteiger partial charge in [-0.05, 0) is 43.3 Å². The molecule has 2 amide bonds. The van der Waals surface area contributed by atoms with E-state index in [1.54, 1.807) is 31.2 Å². The first kappa shape index (κ1) is 19.2. The molecule has 2 aromatic rings. The minimum atomic E-state index is -4.47. The predicted octanol–water partition coefficient (Wildman–Crippen LogP) is 4.24. The second-order valence-electron chi connectivity index (χ2n) is 6.19. The summed E-state index contributed by atoms with van der Waals surface area (Å²) in [6.45, 7) is 2.09. The Bertz CT molecular complexity index is 868. The van der Waals surface area contributed by atoms with Crippen molar-refractivity contribution in [3.8, 4) is 0 Å². The highest BCUT2D eigenvalue weighted by Gasteiger charge is 2.36. The lowest BCUT2D eigenvalue weighted by Gasteiger charge is -2.39. The smallest absolute Gasteiger partial charge is 0.325 e. The number of para-hydroxylation sites is 1. The second kappa shape index (κ2) is 7.23. The largest absolute Gasteiger partial charge is 0.416 e. The van der Waals surface area contributed by atoms with Gasteiger partial charge in [0.05, 0.1) is 16.3 Å². The van der Waals surface area contributed by atoms with Crippen molar-refractivity contribution in [2.45, 2.75) is 19.1 Å². The van der Waals surface area contributed by atoms with Gasteiger partial charge in [0.15, 0.2) is 0 Å². The standard InChI is InChI=1S/C19H16ClF3N2O2/c1-12-17(26)25(16-5-3-2-4-15(16)20)11-10-24(12)18(27)13-6-8-14(9-7-13)19(21,22)23/h2-9,12H,10-11H2,1H3/t12-/m1/s1. The summed E-state index contributed by atoms with van der Waals surface area (Å²) in [5.74, 6) is -0.780. The molecule has 0 aliphatic carbocycles. The molecule has 1 atom stereocenters. The molecule has 2 aromatic carbocycles. The van der Waals surface area contributed by atoms with Crippen LogP contribution in [-0.2, 0) is 11.0 Å². The number of amides is 2. The highest BCUT2D eigenvalue weighted by Crippen LogP contribution is 2.30. The first-order chi connectivity index (χ1) is 12.7. The van der Waals surface area contributed by atoms with E-state index in [-0.39, 0.29) is 24.6 Å². The molecule has 0 N–H and O–H groups in total. The quantitative estimate of drug-likeness (QED) is 0.762. The zero-order valence-electron chi connectivity index (χ0n) is 14.3. The summed E-state index contributed by atoms with van der Waals surface area (Å²) in [6.07, 6.45) is -4.47. The van der Waals surface area contributed by atoms with Crippen LogP contribution in [0.1, 0.15) is 22.8 Å². The summed E-state index contributed by atoms with van der Waals surface area (Å²) in [5, 5.41) is 0.431. The van der Waals surface area contributed by atoms with E-state index >= 15 is 0 Å². The summed E-state index contributed by atoms with van der Waals surface area (Å²) in [4.78, 5) is 28.3. The Morgan fingerprint density at radius 1 is 1.07 bits per heavy atom. The molecule has 0 aromatic heterocycles. The summed E-state index contributed by atoms with van der Waals surface area (Å²) in [6, 6.07) is 10.1. The van der Waals surface area contributed by atoms with Crippen molar-refractivity contribution in [1.82, 2.24) is 4.90 Å². The highest BCUT2D eigenvalue weighted by atomic mass is 35.5. The molecule has 1 heterocycles. The normalized spacial score (nSPS) is 18.0. The number of carbonyl (C=O) groups is 2. The number of carbonyl (C=O) groups excluding carboxylic acids is 2. The van der Waals surface area contributed by atoms with E-state index in [1.807, 2.05) is 0 Å². The number of nitrogens with zero attached hydrogens (tertiary/aromatic N) is 2. The van der Waals surface area contributed by atoms with Gasteiger partial charge in [-0.3, -0.25) is 9.59 Å². The molecule has 1 aliphatic heterocycles. The van der Waals surface area contributed by atoms with E-state index in [1.165, 1.54) is 9.80 Å². The van der Waals surface area contributed by atoms with Gasteiger partial charge in [0.2, 0.25) is 5.91 Å². The maximum Gasteiger partial charge on any atom is 0.416 e. The lowest BCUT2D eigenvalue weighted by Crippen LogP contribution is -2.57. The Labute approximate surface area is 159 Å². The van der Waals surface area contributed by atoms with E-state index < -0.39 is 23.7 Å². The number of hydrogen-bond donors (Lipinski definition) is 0. The van der Waals surface area contributed by atoms with Gasteiger partial charge < -0.3 is 9.80 Å². The number of anilines is 1. The van der Waals surface area contributed by atoms with Gasteiger partial charge in [0.25, 0.3) is 5.91 Å². The van der Waals surface area contributed by atoms with Crippen molar-refractivity contribution >= 4 is 29.1 Å². The number of halogens is 4. The van der Waals surface area contributed by atoms with Crippen molar-refractivity contribution < 1.29 is 22.8 Å². The van der Waals surface area contributed by atoms with Crippen LogP contribution < -0.4 is 4.90 Å². The van der Waals surface area contributed by atoms with E-state index in [0.717, 1.165) is 24.3 Å². The fraction of sp³-hybridized carbons (Fsp3) is 0.263. The molecule has 0 unspecified atom stereocenters. The Morgan fingerprint density at radius 2 is 1.70 bits per heavy atom. The maximum absolute atomic E-state index is 12.7. The number of hydrogen-bond acceptors (Lipinski definition) is 2. The van der Waals surface area contributed by atoms with Crippen LogP contribution >= 0.6 is 11.6 Å². The Kier molecular flexibility index (Phi) is 5.15. The molecule has 4 nitrogen and oxygen atoms in total. The van der Waals surface area contributed by atoms with Crippen molar-refractivity contribution in [1.29, 1.82) is 0 Å². The van der Waals surface area contributed by atoms with Crippen LogP contribution in [0.15, 0.2) is 48.5 Å². The fourth-order valence-corrected chi connectivity index (χ4v) is 3.26. The first-order valence-corrected chi connectivity index (χ1v) is 8.62. The average Bonchev–Trinajstić information content (AvgIpc) is 2.63. The highest BCUT2D eigenvalue weighted by molar-refractivity contribution is 6.33. The maximum atomic E-state index is 12.7. The zero-order chi connectivity index (χ0) is 19.8. The Hall–Kier alpha value is -2.54. The second-order valence-corrected chi connectivity index (χ2v) is 6.60. The van der Waals surface area contributed by atoms with Gasteiger partial charge in [-0.25, -0.2) is 0 Å². The Balaban J connectivity index is 1.78. The Morgan fingerprint density at radius 3 is 2.30 bits per heavy atom. The third-order valence-electron chi connectivity index (χ3n) is 4.52. The minimum absolute atomic E-state index is 0.105. The summed E-state index contributed by atoms with van der Waals surface area (Å²) in [7, 11) is 0. The third-order valence-corrected chi connectivity index (χ3v) is 4.84. The molecule has 8 heteroatoms. The predicted molar refractivity (Wildman–Crippen MR) is 95.7 cm³/mol. The molecular formula is C19H16ClF3N2O2. The molecular weight excluding hydrogens is 381 g/mol. The molecule has 0 saturated carbocycles. The van der Waals surface area contributed by atoms with Gasteiger partial charge in [-0.1, -0.05) is 23.7 Å². The summed E-state index contributed by atoms with van der Waals surface area (Å²) >= 11 is 6.15. The topological polar surface area (TPSA) is 40.6 Å². The van der Waals surface area contributed by atoms with Crippen LogP contribution in [0.4, 0.5) is 18.9 Å². The molecule has 1 fully saturated rings. The molecule has 142 valence electrons. The van der Waals surface area contributed by atoms with Crippen LogP contribution in [0, 0.1) is 0 Å². The number of piperazine rings is 1. The summed E-state index contributed by atoms with van der Waals surface area (Å²) in [5.41, 5.74) is -0.154. The fourth-order valence-electron chi connectivity index (χ4n) is 3.03. The van der Waals surface area contributed by atoms with Crippen LogP contribution in [0.2, 0.25) is 5.02 Å². The van der Waals surface area contributed by atoms with Crippen LogP contribution in [-0.4, -0.2) is 35.8 Å². The van der Waals surface area contributed by atoms with Gasteiger partial charge >= 0.3 is 6.18 Å². The molecule has 0 radical (unpaired) electrons. The van der Waals surface area contributed by atoms with Crippen molar-refractivity contribution in [2.24, 2.45) is 0 Å². The molecule has 0 bridgehead atoms. The van der Waals surface area contributed by atoms with Crippen LogP contribution in [0.5, 0.6) is 0 Å². The zero-order valence-corrected chi connectivity index (χ0v) is 15.1. The molecule has 1 aliphatic rings. The third kappa shape index (κ3) is 3.78. The lowest BCUT2D eigenvalue weighted by atomic mass is 10.1. The molecule has 0 spiro atoms. The molecule has 3 rings (SSSR count). The monoisotopic (exact) mass is 396 g/mol. The number of rotatable bonds is 2. The van der Waals surface area contributed by atoms with Crippen LogP contribution in [0.25, 0.3) is 0 Å². The van der Waals surface area contributed by atoms with Gasteiger partial charge in [0, 0.05) is 18.7 Å². The summed E-state index contributed by atoms with van der Waals surface area (Å²) < 4.78 is 38.0. The first-order valence-electron chi connectivity index (χ1n) is 8.24. The molecule has 1 saturated heterocycles. The molecule has 27 heavy (non-hydrogen) atoms. The van der Waals surface area contributed by atoms with E-state index in [2.05, 4.69) is 0 Å². The van der Waals surface area contributed by atoms with Crippen molar-refractivity contribution in [2.75, 3.05) is 18.0 Å². The van der Waals surface area contributed by atoms with E-state index in [0.29, 0.717) is 10.7 Å². The van der Waals surface area contributed by atoms with Crippen molar-refractivity contribution in [3.05, 3.63) is 64.7 Å². The SMILES string of the molecule is C[C@@H]1C(=O)N(c2ccccc2Cl)CCN1C(=O)c1ccc(C(F)(F)F)cc1. The number of benzene rings is 2. The van der Waals surface area contributed by atoms with Gasteiger partial charge in [0.1, 0.15) is 6.04 Å². The van der Waals surface area contributed by atoms with Crippen molar-refractivity contribution in [3.63, 3.8) is 0 Å². The average molecular weight is 397 g/mol. The van der Waals surface area contributed by atoms with Crippen LogP contribution in [0.3, 0.4) is 0 Å². The lowest BCUT2D eigenvalue weighted by molar-refractivity contribution is -0.137. The number of alkyl halides is 3. The minimum Gasteiger partial charge on any atom is -0.325 e. The van der Waals surface area contributed by atoms with E-state index in [9.17, 15) is 22.8 Å². The van der Waals surface area contributed by atoms with Gasteiger partial charge in [-0.2, -0.15) is 13.2 Å². The van der Waals surface area contributed by atoms with Gasteiger partial charge in [-0.15, -0.1) is 0 Å².